The number of likely N-dealkylation sites (tertiary alicyclic amines) is 1. The van der Waals surface area contributed by atoms with Gasteiger partial charge in [-0.2, -0.15) is 0 Å². The molecule has 1 aliphatic rings. The molecule has 1 fully saturated rings. The van der Waals surface area contributed by atoms with Gasteiger partial charge in [0.15, 0.2) is 5.11 Å². The molecule has 1 heterocycles. The molecule has 1 unspecified atom stereocenters. The Labute approximate surface area is 156 Å². The minimum atomic E-state index is 0.668. The van der Waals surface area contributed by atoms with Gasteiger partial charge in [-0.1, -0.05) is 24.9 Å². The number of hydrogen-bond donors (Lipinski definition) is 2. The Bertz CT molecular complexity index is 547. The summed E-state index contributed by atoms with van der Waals surface area (Å²) in [6.45, 7) is 5.53. The molecule has 2 rings (SSSR count). The first-order chi connectivity index (χ1) is 11.5. The van der Waals surface area contributed by atoms with Crippen molar-refractivity contribution in [3.8, 4) is 5.75 Å². The van der Waals surface area contributed by atoms with Crippen LogP contribution in [0.2, 0.25) is 5.02 Å². The molecule has 0 aliphatic carbocycles. The lowest BCUT2D eigenvalue weighted by atomic mass is 10.0. The lowest BCUT2D eigenvalue weighted by Crippen LogP contribution is -3.13. The van der Waals surface area contributed by atoms with E-state index in [2.05, 4.69) is 24.2 Å². The highest BCUT2D eigenvalue weighted by atomic mass is 35.5. The minimum Gasteiger partial charge on any atom is -0.495 e. The fourth-order valence-electron chi connectivity index (χ4n) is 3.21. The molecule has 24 heavy (non-hydrogen) atoms. The van der Waals surface area contributed by atoms with E-state index in [0.717, 1.165) is 35.7 Å². The van der Waals surface area contributed by atoms with Crippen LogP contribution in [-0.2, 0) is 0 Å². The fraction of sp³-hybridized carbons (Fsp3) is 0.611. The highest BCUT2D eigenvalue weighted by Gasteiger charge is 2.26. The number of methoxy groups -OCH3 is 1. The summed E-state index contributed by atoms with van der Waals surface area (Å²) in [5, 5.41) is 4.71. The van der Waals surface area contributed by atoms with E-state index in [0.29, 0.717) is 5.02 Å². The third-order valence-electron chi connectivity index (χ3n) is 4.81. The molecule has 1 aromatic rings. The summed E-state index contributed by atoms with van der Waals surface area (Å²) in [5.74, 6) is 0.750. The zero-order chi connectivity index (χ0) is 17.5. The van der Waals surface area contributed by atoms with Crippen molar-refractivity contribution in [1.82, 2.24) is 4.90 Å². The lowest BCUT2D eigenvalue weighted by Gasteiger charge is -2.36. The van der Waals surface area contributed by atoms with Crippen molar-refractivity contribution in [3.63, 3.8) is 0 Å². The summed E-state index contributed by atoms with van der Waals surface area (Å²) in [6.07, 6.45) is 4.94. The molecule has 1 atom stereocenters. The zero-order valence-electron chi connectivity index (χ0n) is 14.9. The van der Waals surface area contributed by atoms with Gasteiger partial charge in [0, 0.05) is 31.0 Å². The van der Waals surface area contributed by atoms with Crippen molar-refractivity contribution >= 4 is 34.6 Å². The average molecular weight is 371 g/mol. The molecule has 0 bridgehead atoms. The van der Waals surface area contributed by atoms with Crippen LogP contribution in [0.5, 0.6) is 5.75 Å². The van der Waals surface area contributed by atoms with Crippen molar-refractivity contribution in [2.24, 2.45) is 0 Å². The largest absolute Gasteiger partial charge is 0.495 e. The number of unbranched alkanes of at least 4 members (excludes halogenated alkanes) is 1. The summed E-state index contributed by atoms with van der Waals surface area (Å²) in [7, 11) is 3.97. The maximum Gasteiger partial charge on any atom is 0.173 e. The van der Waals surface area contributed by atoms with Crippen LogP contribution in [0.4, 0.5) is 5.69 Å². The molecular formula is C18H29ClN3OS+. The predicted molar refractivity (Wildman–Crippen MR) is 105 cm³/mol. The molecule has 0 aromatic heterocycles. The number of benzene rings is 1. The third kappa shape index (κ3) is 5.23. The topological polar surface area (TPSA) is 28.9 Å². The second-order valence-electron chi connectivity index (χ2n) is 6.49. The normalized spacial score (nSPS) is 16.8. The standard InChI is InChI=1S/C18H28ClN3OS/c1-4-5-10-21(2)15-8-11-22(12-9-15)18(24)20-16-13-14(19)6-7-17(16)23-3/h6-7,13,15H,4-5,8-12H2,1-3H3,(H,20,24)/p+1. The van der Waals surface area contributed by atoms with Gasteiger partial charge >= 0.3 is 0 Å². The first-order valence-corrected chi connectivity index (χ1v) is 9.55. The predicted octanol–water partition coefficient (Wildman–Crippen LogP) is 2.82. The number of ether oxygens (including phenoxy) is 1. The van der Waals surface area contributed by atoms with Gasteiger partial charge in [-0.25, -0.2) is 0 Å². The van der Waals surface area contributed by atoms with Gasteiger partial charge in [0.25, 0.3) is 0 Å². The van der Waals surface area contributed by atoms with Gasteiger partial charge in [0.1, 0.15) is 5.75 Å². The smallest absolute Gasteiger partial charge is 0.173 e. The van der Waals surface area contributed by atoms with Crippen LogP contribution in [0.25, 0.3) is 0 Å². The highest BCUT2D eigenvalue weighted by molar-refractivity contribution is 7.80. The number of thiocarbonyl (C=S) groups is 1. The van der Waals surface area contributed by atoms with E-state index in [4.69, 9.17) is 28.6 Å². The Kier molecular flexibility index (Phi) is 7.59. The number of rotatable bonds is 6. The summed E-state index contributed by atoms with van der Waals surface area (Å²) < 4.78 is 5.37. The van der Waals surface area contributed by atoms with E-state index < -0.39 is 0 Å². The second kappa shape index (κ2) is 9.44. The zero-order valence-corrected chi connectivity index (χ0v) is 16.5. The first-order valence-electron chi connectivity index (χ1n) is 8.77. The Morgan fingerprint density at radius 3 is 2.75 bits per heavy atom. The van der Waals surface area contributed by atoms with Gasteiger partial charge in [0.05, 0.1) is 32.4 Å². The van der Waals surface area contributed by atoms with Crippen molar-refractivity contribution < 1.29 is 9.64 Å². The second-order valence-corrected chi connectivity index (χ2v) is 7.31. The van der Waals surface area contributed by atoms with Crippen molar-refractivity contribution in [1.29, 1.82) is 0 Å². The van der Waals surface area contributed by atoms with Crippen LogP contribution in [0.15, 0.2) is 18.2 Å². The highest BCUT2D eigenvalue weighted by Crippen LogP contribution is 2.28. The first kappa shape index (κ1) is 19.3. The molecule has 0 spiro atoms. The summed E-state index contributed by atoms with van der Waals surface area (Å²) in [4.78, 5) is 3.91. The van der Waals surface area contributed by atoms with Gasteiger partial charge in [0.2, 0.25) is 0 Å². The van der Waals surface area contributed by atoms with Crippen molar-refractivity contribution in [3.05, 3.63) is 23.2 Å². The minimum absolute atomic E-state index is 0.668. The van der Waals surface area contributed by atoms with Crippen LogP contribution in [0.1, 0.15) is 32.6 Å². The SMILES string of the molecule is CCCC[NH+](C)C1CCN(C(=S)Nc2cc(Cl)ccc2OC)CC1. The maximum atomic E-state index is 6.08. The number of anilines is 1. The van der Waals surface area contributed by atoms with E-state index in [1.54, 1.807) is 12.0 Å². The summed E-state index contributed by atoms with van der Waals surface area (Å²) in [6, 6.07) is 6.26. The maximum absolute atomic E-state index is 6.08. The molecule has 4 nitrogen and oxygen atoms in total. The summed E-state index contributed by atoms with van der Waals surface area (Å²) in [5.41, 5.74) is 0.822. The van der Waals surface area contributed by atoms with Crippen molar-refractivity contribution in [2.75, 3.05) is 39.1 Å². The van der Waals surface area contributed by atoms with Crippen molar-refractivity contribution in [2.45, 2.75) is 38.6 Å². The fourth-order valence-corrected chi connectivity index (χ4v) is 3.67. The number of quaternary nitrogens is 1. The molecule has 0 amide bonds. The van der Waals surface area contributed by atoms with Crippen LogP contribution < -0.4 is 15.0 Å². The van der Waals surface area contributed by atoms with Crippen LogP contribution in [0, 0.1) is 0 Å². The van der Waals surface area contributed by atoms with Gasteiger partial charge < -0.3 is 19.9 Å². The Hall–Kier alpha value is -1.04. The van der Waals surface area contributed by atoms with E-state index in [9.17, 15) is 0 Å². The number of hydrogen-bond acceptors (Lipinski definition) is 2. The quantitative estimate of drug-likeness (QED) is 0.753. The Morgan fingerprint density at radius 1 is 1.42 bits per heavy atom. The summed E-state index contributed by atoms with van der Waals surface area (Å²) >= 11 is 11.7. The van der Waals surface area contributed by atoms with E-state index in [-0.39, 0.29) is 0 Å². The monoisotopic (exact) mass is 370 g/mol. The van der Waals surface area contributed by atoms with Gasteiger partial charge in [-0.15, -0.1) is 0 Å². The van der Waals surface area contributed by atoms with E-state index in [1.165, 1.54) is 32.2 Å². The number of piperidine rings is 1. The molecule has 2 N–H and O–H groups in total. The lowest BCUT2D eigenvalue weighted by molar-refractivity contribution is -0.907. The van der Waals surface area contributed by atoms with E-state index in [1.807, 2.05) is 18.2 Å². The van der Waals surface area contributed by atoms with Gasteiger partial charge in [-0.3, -0.25) is 0 Å². The number of halogens is 1. The number of nitrogens with one attached hydrogen (secondary N) is 2. The molecule has 6 heteroatoms. The third-order valence-corrected chi connectivity index (χ3v) is 5.40. The molecule has 1 aliphatic heterocycles. The van der Waals surface area contributed by atoms with E-state index >= 15 is 0 Å². The average Bonchev–Trinajstić information content (AvgIpc) is 2.60. The van der Waals surface area contributed by atoms with Crippen LogP contribution in [0.3, 0.4) is 0 Å². The Morgan fingerprint density at radius 2 is 2.12 bits per heavy atom. The molecule has 1 saturated heterocycles. The Balaban J connectivity index is 1.88. The molecule has 0 radical (unpaired) electrons. The van der Waals surface area contributed by atoms with Gasteiger partial charge in [-0.05, 0) is 36.8 Å². The molecule has 0 saturated carbocycles. The van der Waals surface area contributed by atoms with Crippen LogP contribution >= 0.6 is 23.8 Å². The molecular weight excluding hydrogens is 342 g/mol. The van der Waals surface area contributed by atoms with Crippen LogP contribution in [-0.4, -0.2) is 49.8 Å². The molecule has 1 aromatic carbocycles. The number of nitrogens with zero attached hydrogens (tertiary/aromatic N) is 1. The molecule has 134 valence electrons.